The van der Waals surface area contributed by atoms with E-state index in [0.717, 1.165) is 0 Å². The first-order valence-electron chi connectivity index (χ1n) is 5.23. The van der Waals surface area contributed by atoms with Gasteiger partial charge in [0.15, 0.2) is 0 Å². The smallest absolute Gasteiger partial charge is 0.397 e. The van der Waals surface area contributed by atoms with Crippen molar-refractivity contribution in [3.8, 4) is 0 Å². The van der Waals surface area contributed by atoms with Crippen LogP contribution in [-0.4, -0.2) is 18.5 Å². The maximum absolute atomic E-state index is 11.4. The lowest BCUT2D eigenvalue weighted by Crippen LogP contribution is -2.26. The fourth-order valence-corrected chi connectivity index (χ4v) is 1.23. The van der Waals surface area contributed by atoms with Gasteiger partial charge in [-0.15, -0.1) is 0 Å². The minimum Gasteiger partial charge on any atom is -0.458 e. The molecular formula is C12H14ClNO3. The van der Waals surface area contributed by atoms with Crippen molar-refractivity contribution >= 4 is 29.2 Å². The largest absolute Gasteiger partial charge is 0.458 e. The van der Waals surface area contributed by atoms with E-state index in [-0.39, 0.29) is 12.5 Å². The molecule has 1 rings (SSSR count). The number of para-hydroxylation sites is 1. The van der Waals surface area contributed by atoms with Crippen molar-refractivity contribution in [2.75, 3.05) is 11.9 Å². The molecule has 17 heavy (non-hydrogen) atoms. The van der Waals surface area contributed by atoms with E-state index in [9.17, 15) is 9.59 Å². The number of hydrogen-bond acceptors (Lipinski definition) is 3. The summed E-state index contributed by atoms with van der Waals surface area (Å²) in [4.78, 5) is 22.7. The van der Waals surface area contributed by atoms with Crippen molar-refractivity contribution in [1.82, 2.24) is 0 Å². The average molecular weight is 256 g/mol. The van der Waals surface area contributed by atoms with Crippen molar-refractivity contribution in [1.29, 1.82) is 0 Å². The molecule has 0 unspecified atom stereocenters. The van der Waals surface area contributed by atoms with E-state index in [1.807, 2.05) is 13.8 Å². The van der Waals surface area contributed by atoms with Crippen molar-refractivity contribution < 1.29 is 14.3 Å². The second kappa shape index (κ2) is 6.25. The van der Waals surface area contributed by atoms with Crippen LogP contribution in [0.25, 0.3) is 0 Å². The standard InChI is InChI=1S/C12H14ClNO3/c1-8(2)7-17-12(16)11(15)14-10-6-4-3-5-9(10)13/h3-6,8H,7H2,1-2H3,(H,14,15). The maximum Gasteiger partial charge on any atom is 0.397 e. The summed E-state index contributed by atoms with van der Waals surface area (Å²) in [6.07, 6.45) is 0. The van der Waals surface area contributed by atoms with E-state index < -0.39 is 11.9 Å². The zero-order valence-electron chi connectivity index (χ0n) is 9.70. The number of benzene rings is 1. The first-order chi connectivity index (χ1) is 8.00. The van der Waals surface area contributed by atoms with Crippen LogP contribution in [0.3, 0.4) is 0 Å². The fourth-order valence-electron chi connectivity index (χ4n) is 1.04. The Hall–Kier alpha value is -1.55. The van der Waals surface area contributed by atoms with Crippen LogP contribution in [0.5, 0.6) is 0 Å². The van der Waals surface area contributed by atoms with E-state index in [0.29, 0.717) is 10.7 Å². The highest BCUT2D eigenvalue weighted by Crippen LogP contribution is 2.20. The van der Waals surface area contributed by atoms with E-state index in [1.165, 1.54) is 0 Å². The average Bonchev–Trinajstić information content (AvgIpc) is 2.28. The minimum absolute atomic E-state index is 0.187. The van der Waals surface area contributed by atoms with Gasteiger partial charge < -0.3 is 10.1 Å². The molecule has 0 aliphatic rings. The van der Waals surface area contributed by atoms with Crippen LogP contribution in [0.2, 0.25) is 5.02 Å². The number of esters is 1. The number of anilines is 1. The predicted molar refractivity (Wildman–Crippen MR) is 65.9 cm³/mol. The molecule has 0 heterocycles. The van der Waals surface area contributed by atoms with Crippen LogP contribution >= 0.6 is 11.6 Å². The summed E-state index contributed by atoms with van der Waals surface area (Å²) in [7, 11) is 0. The normalized spacial score (nSPS) is 10.1. The quantitative estimate of drug-likeness (QED) is 0.667. The molecule has 4 nitrogen and oxygen atoms in total. The molecule has 0 bridgehead atoms. The topological polar surface area (TPSA) is 55.4 Å². The molecule has 0 saturated heterocycles. The molecule has 0 aliphatic carbocycles. The van der Waals surface area contributed by atoms with E-state index in [4.69, 9.17) is 16.3 Å². The van der Waals surface area contributed by atoms with E-state index in [2.05, 4.69) is 5.32 Å². The number of rotatable bonds is 3. The van der Waals surface area contributed by atoms with Gasteiger partial charge in [-0.1, -0.05) is 37.6 Å². The highest BCUT2D eigenvalue weighted by Gasteiger charge is 2.16. The molecule has 0 spiro atoms. The van der Waals surface area contributed by atoms with Gasteiger partial charge in [0, 0.05) is 0 Å². The van der Waals surface area contributed by atoms with Crippen molar-refractivity contribution in [2.45, 2.75) is 13.8 Å². The molecule has 0 saturated carbocycles. The SMILES string of the molecule is CC(C)COC(=O)C(=O)Nc1ccccc1Cl. The molecule has 0 aliphatic heterocycles. The van der Waals surface area contributed by atoms with Gasteiger partial charge in [0.25, 0.3) is 0 Å². The van der Waals surface area contributed by atoms with E-state index in [1.54, 1.807) is 24.3 Å². The van der Waals surface area contributed by atoms with Gasteiger partial charge in [-0.25, -0.2) is 4.79 Å². The third-order valence-electron chi connectivity index (χ3n) is 1.86. The van der Waals surface area contributed by atoms with Crippen LogP contribution in [0.15, 0.2) is 24.3 Å². The third kappa shape index (κ3) is 4.44. The zero-order chi connectivity index (χ0) is 12.8. The lowest BCUT2D eigenvalue weighted by molar-refractivity contribution is -0.153. The molecule has 0 atom stereocenters. The maximum atomic E-state index is 11.4. The molecule has 1 N–H and O–H groups in total. The zero-order valence-corrected chi connectivity index (χ0v) is 10.5. The summed E-state index contributed by atoms with van der Waals surface area (Å²) >= 11 is 5.83. The Labute approximate surface area is 105 Å². The summed E-state index contributed by atoms with van der Waals surface area (Å²) in [5.74, 6) is -1.54. The van der Waals surface area contributed by atoms with Gasteiger partial charge in [-0.05, 0) is 18.1 Å². The van der Waals surface area contributed by atoms with Crippen LogP contribution < -0.4 is 5.32 Å². The molecule has 92 valence electrons. The Kier molecular flexibility index (Phi) is 4.97. The summed E-state index contributed by atoms with van der Waals surface area (Å²) in [5.41, 5.74) is 0.390. The lowest BCUT2D eigenvalue weighted by Gasteiger charge is -2.08. The summed E-state index contributed by atoms with van der Waals surface area (Å²) in [5, 5.41) is 2.76. The number of amides is 1. The van der Waals surface area contributed by atoms with Gasteiger partial charge in [-0.2, -0.15) is 0 Å². The highest BCUT2D eigenvalue weighted by atomic mass is 35.5. The Balaban J connectivity index is 2.55. The Bertz CT molecular complexity index is 418. The van der Waals surface area contributed by atoms with Crippen LogP contribution in [-0.2, 0) is 14.3 Å². The number of carbonyl (C=O) groups is 2. The fraction of sp³-hybridized carbons (Fsp3) is 0.333. The molecule has 0 fully saturated rings. The van der Waals surface area contributed by atoms with Gasteiger partial charge in [-0.3, -0.25) is 4.79 Å². The summed E-state index contributed by atoms with van der Waals surface area (Å²) in [6.45, 7) is 3.99. The first-order valence-corrected chi connectivity index (χ1v) is 5.61. The van der Waals surface area contributed by atoms with Crippen molar-refractivity contribution in [2.24, 2.45) is 5.92 Å². The number of halogens is 1. The summed E-state index contributed by atoms with van der Waals surface area (Å²) < 4.78 is 4.78. The van der Waals surface area contributed by atoms with Gasteiger partial charge in [0.2, 0.25) is 0 Å². The van der Waals surface area contributed by atoms with Gasteiger partial charge in [0.05, 0.1) is 17.3 Å². The van der Waals surface area contributed by atoms with Gasteiger partial charge in [0.1, 0.15) is 0 Å². The number of nitrogens with one attached hydrogen (secondary N) is 1. The Morgan fingerprint density at radius 3 is 2.59 bits per heavy atom. The molecule has 1 aromatic carbocycles. The molecule has 0 radical (unpaired) electrons. The second-order valence-electron chi connectivity index (χ2n) is 3.93. The lowest BCUT2D eigenvalue weighted by atomic mass is 10.2. The Morgan fingerprint density at radius 1 is 1.35 bits per heavy atom. The monoisotopic (exact) mass is 255 g/mol. The third-order valence-corrected chi connectivity index (χ3v) is 2.18. The van der Waals surface area contributed by atoms with E-state index >= 15 is 0 Å². The molecule has 1 amide bonds. The van der Waals surface area contributed by atoms with Crippen molar-refractivity contribution in [3.63, 3.8) is 0 Å². The number of hydrogen-bond donors (Lipinski definition) is 1. The van der Waals surface area contributed by atoms with Crippen LogP contribution in [0.4, 0.5) is 5.69 Å². The summed E-state index contributed by atoms with van der Waals surface area (Å²) in [6, 6.07) is 6.67. The minimum atomic E-state index is -0.904. The molecule has 1 aromatic rings. The highest BCUT2D eigenvalue weighted by molar-refractivity contribution is 6.39. The number of carbonyl (C=O) groups excluding carboxylic acids is 2. The van der Waals surface area contributed by atoms with Gasteiger partial charge >= 0.3 is 11.9 Å². The number of ether oxygens (including phenoxy) is 1. The molecule has 0 aromatic heterocycles. The van der Waals surface area contributed by atoms with Crippen LogP contribution in [0, 0.1) is 5.92 Å². The second-order valence-corrected chi connectivity index (χ2v) is 4.33. The van der Waals surface area contributed by atoms with Crippen LogP contribution in [0.1, 0.15) is 13.8 Å². The Morgan fingerprint density at radius 2 is 2.00 bits per heavy atom. The molecule has 5 heteroatoms. The first kappa shape index (κ1) is 13.5. The predicted octanol–water partition coefficient (Wildman–Crippen LogP) is 2.48. The molecular weight excluding hydrogens is 242 g/mol. The van der Waals surface area contributed by atoms with Crippen molar-refractivity contribution in [3.05, 3.63) is 29.3 Å².